The van der Waals surface area contributed by atoms with Gasteiger partial charge in [0.05, 0.1) is 10.4 Å². The molecule has 4 aromatic rings. The minimum atomic E-state index is 0.00303. The number of nitrogens with one attached hydrogen (secondary N) is 1. The highest BCUT2D eigenvalue weighted by Gasteiger charge is 2.14. The highest BCUT2D eigenvalue weighted by atomic mass is 32.1. The van der Waals surface area contributed by atoms with Gasteiger partial charge in [-0.05, 0) is 55.0 Å². The number of nitrogens with zero attached hydrogens (tertiary/aromatic N) is 1. The van der Waals surface area contributed by atoms with Gasteiger partial charge < -0.3 is 9.88 Å². The number of carbonyl (C=O) groups excluding carboxylic acids is 1. The highest BCUT2D eigenvalue weighted by molar-refractivity contribution is 7.16. The molecule has 0 bridgehead atoms. The van der Waals surface area contributed by atoms with E-state index in [4.69, 9.17) is 0 Å². The van der Waals surface area contributed by atoms with E-state index < -0.39 is 0 Å². The zero-order valence-corrected chi connectivity index (χ0v) is 16.1. The van der Waals surface area contributed by atoms with Crippen LogP contribution < -0.4 is 5.32 Å². The molecule has 0 aliphatic rings. The molecule has 4 rings (SSSR count). The SMILES string of the molecule is CC(CCc1ccccc1)NC(=O)c1ccc(-n2ccc3ccccc32)s1. The van der Waals surface area contributed by atoms with Crippen LogP contribution >= 0.6 is 11.3 Å². The number of aromatic nitrogens is 1. The van der Waals surface area contributed by atoms with Gasteiger partial charge in [0.15, 0.2) is 0 Å². The first-order valence-corrected chi connectivity index (χ1v) is 10.0. The summed E-state index contributed by atoms with van der Waals surface area (Å²) in [5.74, 6) is 0.00303. The zero-order chi connectivity index (χ0) is 18.6. The van der Waals surface area contributed by atoms with Gasteiger partial charge in [0.1, 0.15) is 5.00 Å². The lowest BCUT2D eigenvalue weighted by molar-refractivity contribution is 0.0942. The first-order chi connectivity index (χ1) is 13.2. The summed E-state index contributed by atoms with van der Waals surface area (Å²) in [5, 5.41) is 5.38. The van der Waals surface area contributed by atoms with Crippen molar-refractivity contribution in [3.8, 4) is 5.00 Å². The Kier molecular flexibility index (Phi) is 5.07. The van der Waals surface area contributed by atoms with Gasteiger partial charge in [-0.2, -0.15) is 0 Å². The van der Waals surface area contributed by atoms with Gasteiger partial charge in [0, 0.05) is 12.2 Å². The molecule has 0 saturated carbocycles. The largest absolute Gasteiger partial charge is 0.349 e. The fraction of sp³-hybridized carbons (Fsp3) is 0.174. The van der Waals surface area contributed by atoms with Gasteiger partial charge in [-0.25, -0.2) is 0 Å². The van der Waals surface area contributed by atoms with Crippen molar-refractivity contribution < 1.29 is 4.79 Å². The van der Waals surface area contributed by atoms with Gasteiger partial charge in [-0.1, -0.05) is 48.5 Å². The molecule has 0 aliphatic heterocycles. The van der Waals surface area contributed by atoms with Gasteiger partial charge >= 0.3 is 0 Å². The topological polar surface area (TPSA) is 34.0 Å². The molecular formula is C23H22N2OS. The van der Waals surface area contributed by atoms with Crippen molar-refractivity contribution >= 4 is 28.1 Å². The minimum absolute atomic E-state index is 0.00303. The molecule has 2 aromatic carbocycles. The lowest BCUT2D eigenvalue weighted by Gasteiger charge is -2.13. The molecule has 27 heavy (non-hydrogen) atoms. The number of fused-ring (bicyclic) bond motifs is 1. The van der Waals surface area contributed by atoms with E-state index in [1.54, 1.807) is 0 Å². The van der Waals surface area contributed by atoms with E-state index in [1.165, 1.54) is 22.3 Å². The smallest absolute Gasteiger partial charge is 0.261 e. The fourth-order valence-electron chi connectivity index (χ4n) is 3.25. The molecule has 2 aromatic heterocycles. The fourth-order valence-corrected chi connectivity index (χ4v) is 4.16. The maximum Gasteiger partial charge on any atom is 0.261 e. The van der Waals surface area contributed by atoms with Crippen LogP contribution in [0, 0.1) is 0 Å². The first-order valence-electron chi connectivity index (χ1n) is 9.22. The average molecular weight is 375 g/mol. The van der Waals surface area contributed by atoms with E-state index in [-0.39, 0.29) is 11.9 Å². The minimum Gasteiger partial charge on any atom is -0.349 e. The molecule has 1 unspecified atom stereocenters. The number of carbonyl (C=O) groups is 1. The molecule has 0 spiro atoms. The first kappa shape index (κ1) is 17.6. The van der Waals surface area contributed by atoms with E-state index >= 15 is 0 Å². The Labute approximate surface area is 163 Å². The summed E-state index contributed by atoms with van der Waals surface area (Å²) in [6, 6.07) is 24.8. The van der Waals surface area contributed by atoms with Crippen LogP contribution in [0.1, 0.15) is 28.6 Å². The van der Waals surface area contributed by atoms with Crippen LogP contribution in [0.2, 0.25) is 0 Å². The van der Waals surface area contributed by atoms with Crippen LogP contribution in [0.4, 0.5) is 0 Å². The van der Waals surface area contributed by atoms with Crippen molar-refractivity contribution in [3.05, 3.63) is 89.4 Å². The summed E-state index contributed by atoms with van der Waals surface area (Å²) < 4.78 is 2.13. The predicted octanol–water partition coefficient (Wildman–Crippen LogP) is 5.44. The molecule has 0 radical (unpaired) electrons. The molecule has 2 heterocycles. The summed E-state index contributed by atoms with van der Waals surface area (Å²) in [6.07, 6.45) is 3.95. The molecule has 1 N–H and O–H groups in total. The maximum atomic E-state index is 12.6. The lowest BCUT2D eigenvalue weighted by atomic mass is 10.1. The third-order valence-corrected chi connectivity index (χ3v) is 5.82. The van der Waals surface area contributed by atoms with E-state index in [0.717, 1.165) is 28.2 Å². The van der Waals surface area contributed by atoms with Gasteiger partial charge in [-0.15, -0.1) is 11.3 Å². The summed E-state index contributed by atoms with van der Waals surface area (Å²) in [4.78, 5) is 13.3. The van der Waals surface area contributed by atoms with Crippen LogP contribution in [0.5, 0.6) is 0 Å². The van der Waals surface area contributed by atoms with E-state index in [9.17, 15) is 4.79 Å². The number of thiophene rings is 1. The van der Waals surface area contributed by atoms with E-state index in [1.807, 2.05) is 30.3 Å². The van der Waals surface area contributed by atoms with Gasteiger partial charge in [-0.3, -0.25) is 4.79 Å². The van der Waals surface area contributed by atoms with Crippen LogP contribution in [-0.2, 0) is 6.42 Å². The van der Waals surface area contributed by atoms with Crippen molar-refractivity contribution in [1.29, 1.82) is 0 Å². The number of para-hydroxylation sites is 1. The second-order valence-electron chi connectivity index (χ2n) is 6.78. The van der Waals surface area contributed by atoms with E-state index in [0.29, 0.717) is 0 Å². The number of rotatable bonds is 6. The van der Waals surface area contributed by atoms with Crippen molar-refractivity contribution in [1.82, 2.24) is 9.88 Å². The Balaban J connectivity index is 1.41. The van der Waals surface area contributed by atoms with E-state index in [2.05, 4.69) is 65.5 Å². The number of benzene rings is 2. The Morgan fingerprint density at radius 3 is 2.63 bits per heavy atom. The normalized spacial score (nSPS) is 12.2. The predicted molar refractivity (Wildman–Crippen MR) is 113 cm³/mol. The monoisotopic (exact) mass is 374 g/mol. The lowest BCUT2D eigenvalue weighted by Crippen LogP contribution is -2.32. The number of hydrogen-bond donors (Lipinski definition) is 1. The Morgan fingerprint density at radius 1 is 1.00 bits per heavy atom. The summed E-state index contributed by atoms with van der Waals surface area (Å²) in [7, 11) is 0. The zero-order valence-electron chi connectivity index (χ0n) is 15.3. The highest BCUT2D eigenvalue weighted by Crippen LogP contribution is 2.26. The van der Waals surface area contributed by atoms with Crippen molar-refractivity contribution in [2.75, 3.05) is 0 Å². The van der Waals surface area contributed by atoms with Gasteiger partial charge in [0.25, 0.3) is 5.91 Å². The van der Waals surface area contributed by atoms with Crippen molar-refractivity contribution in [2.45, 2.75) is 25.8 Å². The molecule has 0 aliphatic carbocycles. The van der Waals surface area contributed by atoms with Crippen LogP contribution in [0.3, 0.4) is 0 Å². The molecular weight excluding hydrogens is 352 g/mol. The molecule has 136 valence electrons. The maximum absolute atomic E-state index is 12.6. The third-order valence-electron chi connectivity index (χ3n) is 4.74. The van der Waals surface area contributed by atoms with Gasteiger partial charge in [0.2, 0.25) is 0 Å². The standard InChI is InChI=1S/C23H22N2OS/c1-17(11-12-18-7-3-2-4-8-18)24-23(26)21-13-14-22(27-21)25-16-15-19-9-5-6-10-20(19)25/h2-10,13-17H,11-12H2,1H3,(H,24,26). The number of amides is 1. The van der Waals surface area contributed by atoms with Crippen LogP contribution in [0.15, 0.2) is 79.0 Å². The summed E-state index contributed by atoms with van der Waals surface area (Å²) in [6.45, 7) is 2.06. The number of aryl methyl sites for hydroxylation is 1. The molecule has 3 nitrogen and oxygen atoms in total. The van der Waals surface area contributed by atoms with Crippen molar-refractivity contribution in [3.63, 3.8) is 0 Å². The molecule has 0 saturated heterocycles. The Hall–Kier alpha value is -2.85. The third kappa shape index (κ3) is 3.96. The second kappa shape index (κ2) is 7.80. The molecule has 0 fully saturated rings. The molecule has 1 amide bonds. The summed E-state index contributed by atoms with van der Waals surface area (Å²) in [5.41, 5.74) is 2.46. The average Bonchev–Trinajstić information content (AvgIpc) is 3.34. The van der Waals surface area contributed by atoms with Crippen LogP contribution in [0.25, 0.3) is 15.9 Å². The molecule has 4 heteroatoms. The van der Waals surface area contributed by atoms with Crippen molar-refractivity contribution in [2.24, 2.45) is 0 Å². The Bertz CT molecular complexity index is 1050. The van der Waals surface area contributed by atoms with Crippen LogP contribution in [-0.4, -0.2) is 16.5 Å². The second-order valence-corrected chi connectivity index (χ2v) is 7.84. The quantitative estimate of drug-likeness (QED) is 0.479. The number of hydrogen-bond acceptors (Lipinski definition) is 2. The summed E-state index contributed by atoms with van der Waals surface area (Å²) >= 11 is 1.52. The molecule has 1 atom stereocenters. The Morgan fingerprint density at radius 2 is 1.78 bits per heavy atom.